The smallest absolute Gasteiger partial charge is 0.119 e. The molecule has 3 heteroatoms. The Morgan fingerprint density at radius 3 is 2.30 bits per heavy atom. The fourth-order valence-corrected chi connectivity index (χ4v) is 2.04. The van der Waals surface area contributed by atoms with Gasteiger partial charge in [-0.3, -0.25) is 0 Å². The van der Waals surface area contributed by atoms with Crippen molar-refractivity contribution in [2.24, 2.45) is 5.73 Å². The van der Waals surface area contributed by atoms with Gasteiger partial charge in [-0.05, 0) is 43.9 Å². The fourth-order valence-electron chi connectivity index (χ4n) is 2.04. The van der Waals surface area contributed by atoms with Gasteiger partial charge in [0, 0.05) is 6.04 Å². The molecule has 0 saturated carbocycles. The van der Waals surface area contributed by atoms with Crippen LogP contribution in [0.5, 0.6) is 5.75 Å². The lowest BCUT2D eigenvalue weighted by atomic mass is 10.1. The molecule has 0 saturated heterocycles. The molecule has 0 radical (unpaired) electrons. The normalized spacial score (nSPS) is 11.8. The summed E-state index contributed by atoms with van der Waals surface area (Å²) in [6.07, 6.45) is 8.49. The van der Waals surface area contributed by atoms with Crippen molar-refractivity contribution in [3.63, 3.8) is 0 Å². The Morgan fingerprint density at radius 1 is 1.05 bits per heavy atom. The van der Waals surface area contributed by atoms with Crippen LogP contribution in [0, 0.1) is 0 Å². The van der Waals surface area contributed by atoms with Gasteiger partial charge in [-0.25, -0.2) is 0 Å². The number of ether oxygens (including phenoxy) is 1. The van der Waals surface area contributed by atoms with E-state index < -0.39 is 0 Å². The number of unbranched alkanes of at least 4 members (excludes halogenated alkanes) is 4. The van der Waals surface area contributed by atoms with Gasteiger partial charge in [-0.2, -0.15) is 0 Å². The van der Waals surface area contributed by atoms with E-state index in [1.54, 1.807) is 0 Å². The van der Waals surface area contributed by atoms with Gasteiger partial charge in [0.15, 0.2) is 0 Å². The molecule has 2 N–H and O–H groups in total. The van der Waals surface area contributed by atoms with E-state index >= 15 is 0 Å². The molecule has 0 aliphatic rings. The quantitative estimate of drug-likeness (QED) is 0.633. The summed E-state index contributed by atoms with van der Waals surface area (Å²) < 4.78 is 5.74. The van der Waals surface area contributed by atoms with Crippen LogP contribution in [-0.4, -0.2) is 12.6 Å². The van der Waals surface area contributed by atoms with Crippen LogP contribution in [0.3, 0.4) is 0 Å². The SMILES string of the molecule is CCCCCCCOc1ccc(CCC(C)N)cc1.Cl. The monoisotopic (exact) mass is 299 g/mol. The molecule has 0 aliphatic carbocycles. The van der Waals surface area contributed by atoms with Crippen molar-refractivity contribution in [3.05, 3.63) is 29.8 Å². The van der Waals surface area contributed by atoms with Crippen molar-refractivity contribution in [1.82, 2.24) is 0 Å². The molecule has 1 aromatic rings. The summed E-state index contributed by atoms with van der Waals surface area (Å²) >= 11 is 0. The van der Waals surface area contributed by atoms with E-state index in [1.165, 1.54) is 31.2 Å². The van der Waals surface area contributed by atoms with E-state index in [9.17, 15) is 0 Å². The Hall–Kier alpha value is -0.730. The lowest BCUT2D eigenvalue weighted by Gasteiger charge is -2.08. The molecular formula is C17H30ClNO. The maximum absolute atomic E-state index is 5.76. The molecule has 0 bridgehead atoms. The zero-order valence-corrected chi connectivity index (χ0v) is 13.8. The highest BCUT2D eigenvalue weighted by Crippen LogP contribution is 2.14. The molecular weight excluding hydrogens is 270 g/mol. The summed E-state index contributed by atoms with van der Waals surface area (Å²) in [6.45, 7) is 5.13. The van der Waals surface area contributed by atoms with Crippen LogP contribution < -0.4 is 10.5 Å². The highest BCUT2D eigenvalue weighted by molar-refractivity contribution is 5.85. The number of halogens is 1. The number of hydrogen-bond donors (Lipinski definition) is 1. The molecule has 1 unspecified atom stereocenters. The maximum Gasteiger partial charge on any atom is 0.119 e. The highest BCUT2D eigenvalue weighted by atomic mass is 35.5. The van der Waals surface area contributed by atoms with Crippen LogP contribution in [0.2, 0.25) is 0 Å². The number of benzene rings is 1. The Balaban J connectivity index is 0.00000361. The van der Waals surface area contributed by atoms with Crippen molar-refractivity contribution in [3.8, 4) is 5.75 Å². The van der Waals surface area contributed by atoms with E-state index in [4.69, 9.17) is 10.5 Å². The van der Waals surface area contributed by atoms with Gasteiger partial charge in [-0.1, -0.05) is 44.7 Å². The lowest BCUT2D eigenvalue weighted by molar-refractivity contribution is 0.304. The Bertz CT molecular complexity index is 324. The summed E-state index contributed by atoms with van der Waals surface area (Å²) in [5.41, 5.74) is 7.10. The molecule has 0 heterocycles. The maximum atomic E-state index is 5.76. The first-order chi connectivity index (χ1) is 9.22. The second kappa shape index (κ2) is 12.0. The first-order valence-corrected chi connectivity index (χ1v) is 7.69. The third kappa shape index (κ3) is 9.22. The predicted octanol–water partition coefficient (Wildman–Crippen LogP) is 4.74. The van der Waals surface area contributed by atoms with Gasteiger partial charge < -0.3 is 10.5 Å². The van der Waals surface area contributed by atoms with E-state index in [1.807, 2.05) is 0 Å². The summed E-state index contributed by atoms with van der Waals surface area (Å²) in [7, 11) is 0. The Kier molecular flexibility index (Phi) is 11.6. The predicted molar refractivity (Wildman–Crippen MR) is 89.9 cm³/mol. The molecule has 116 valence electrons. The highest BCUT2D eigenvalue weighted by Gasteiger charge is 1.98. The van der Waals surface area contributed by atoms with Crippen molar-refractivity contribution in [2.45, 2.75) is 64.8 Å². The molecule has 0 amide bonds. The molecule has 1 aromatic carbocycles. The number of nitrogens with two attached hydrogens (primary N) is 1. The minimum atomic E-state index is 0. The van der Waals surface area contributed by atoms with Crippen LogP contribution >= 0.6 is 12.4 Å². The van der Waals surface area contributed by atoms with E-state index in [0.717, 1.165) is 31.6 Å². The summed E-state index contributed by atoms with van der Waals surface area (Å²) in [5.74, 6) is 0.986. The van der Waals surface area contributed by atoms with Crippen molar-refractivity contribution in [2.75, 3.05) is 6.61 Å². The zero-order chi connectivity index (χ0) is 13.9. The second-order valence-corrected chi connectivity index (χ2v) is 5.42. The molecule has 1 atom stereocenters. The standard InChI is InChI=1S/C17H29NO.ClH/c1-3-4-5-6-7-14-19-17-12-10-16(11-13-17)9-8-15(2)18;/h10-13,15H,3-9,14,18H2,1-2H3;1H. The third-order valence-electron chi connectivity index (χ3n) is 3.33. The van der Waals surface area contributed by atoms with Gasteiger partial charge in [0.1, 0.15) is 5.75 Å². The van der Waals surface area contributed by atoms with E-state index in [-0.39, 0.29) is 18.4 Å². The molecule has 0 spiro atoms. The van der Waals surface area contributed by atoms with Crippen molar-refractivity contribution in [1.29, 1.82) is 0 Å². The average molecular weight is 300 g/mol. The van der Waals surface area contributed by atoms with Crippen LogP contribution in [0.15, 0.2) is 24.3 Å². The summed E-state index contributed by atoms with van der Waals surface area (Å²) in [6, 6.07) is 8.72. The van der Waals surface area contributed by atoms with Gasteiger partial charge in [0.25, 0.3) is 0 Å². The summed E-state index contributed by atoms with van der Waals surface area (Å²) in [4.78, 5) is 0. The first-order valence-electron chi connectivity index (χ1n) is 7.69. The molecule has 0 aromatic heterocycles. The third-order valence-corrected chi connectivity index (χ3v) is 3.33. The summed E-state index contributed by atoms with van der Waals surface area (Å²) in [5, 5.41) is 0. The lowest BCUT2D eigenvalue weighted by Crippen LogP contribution is -2.15. The topological polar surface area (TPSA) is 35.2 Å². The van der Waals surface area contributed by atoms with Crippen LogP contribution in [-0.2, 0) is 6.42 Å². The van der Waals surface area contributed by atoms with Crippen LogP contribution in [0.4, 0.5) is 0 Å². The second-order valence-electron chi connectivity index (χ2n) is 5.42. The first kappa shape index (κ1) is 19.3. The van der Waals surface area contributed by atoms with Crippen LogP contribution in [0.25, 0.3) is 0 Å². The fraction of sp³-hybridized carbons (Fsp3) is 0.647. The Morgan fingerprint density at radius 2 is 1.70 bits per heavy atom. The molecule has 0 fully saturated rings. The van der Waals surface area contributed by atoms with Crippen molar-refractivity contribution >= 4 is 12.4 Å². The van der Waals surface area contributed by atoms with Gasteiger partial charge >= 0.3 is 0 Å². The van der Waals surface area contributed by atoms with Gasteiger partial charge in [0.05, 0.1) is 6.61 Å². The number of aryl methyl sites for hydroxylation is 1. The largest absolute Gasteiger partial charge is 0.494 e. The zero-order valence-electron chi connectivity index (χ0n) is 12.9. The molecule has 20 heavy (non-hydrogen) atoms. The Labute approximate surface area is 130 Å². The molecule has 1 rings (SSSR count). The van der Waals surface area contributed by atoms with Crippen LogP contribution in [0.1, 0.15) is 57.9 Å². The minimum absolute atomic E-state index is 0. The molecule has 0 aliphatic heterocycles. The van der Waals surface area contributed by atoms with Gasteiger partial charge in [-0.15, -0.1) is 12.4 Å². The van der Waals surface area contributed by atoms with Gasteiger partial charge in [0.2, 0.25) is 0 Å². The van der Waals surface area contributed by atoms with Crippen molar-refractivity contribution < 1.29 is 4.74 Å². The number of rotatable bonds is 10. The molecule has 2 nitrogen and oxygen atoms in total. The number of hydrogen-bond acceptors (Lipinski definition) is 2. The minimum Gasteiger partial charge on any atom is -0.494 e. The van der Waals surface area contributed by atoms with E-state index in [2.05, 4.69) is 38.1 Å². The van der Waals surface area contributed by atoms with E-state index in [0.29, 0.717) is 0 Å². The average Bonchev–Trinajstić information content (AvgIpc) is 2.41.